The molecule has 1 fully saturated rings. The Morgan fingerprint density at radius 2 is 2.21 bits per heavy atom. The highest BCUT2D eigenvalue weighted by atomic mass is 16.2. The minimum absolute atomic E-state index is 0.0134. The van der Waals surface area contributed by atoms with E-state index in [0.29, 0.717) is 25.4 Å². The maximum atomic E-state index is 12.3. The van der Waals surface area contributed by atoms with E-state index in [2.05, 4.69) is 29.5 Å². The molecule has 1 aliphatic rings. The molecule has 0 aliphatic carbocycles. The molecule has 24 heavy (non-hydrogen) atoms. The summed E-state index contributed by atoms with van der Waals surface area (Å²) in [5.74, 6) is 0.629. The van der Waals surface area contributed by atoms with E-state index < -0.39 is 0 Å². The van der Waals surface area contributed by atoms with Crippen LogP contribution in [0.4, 0.5) is 10.5 Å². The van der Waals surface area contributed by atoms with Crippen LogP contribution in [-0.2, 0) is 4.79 Å². The lowest BCUT2D eigenvalue weighted by Crippen LogP contribution is -2.46. The quantitative estimate of drug-likeness (QED) is 0.871. The summed E-state index contributed by atoms with van der Waals surface area (Å²) in [5.41, 5.74) is 1.75. The molecular weight excluding hydrogens is 304 g/mol. The van der Waals surface area contributed by atoms with Gasteiger partial charge >= 0.3 is 6.03 Å². The van der Waals surface area contributed by atoms with Gasteiger partial charge < -0.3 is 15.5 Å². The Balaban J connectivity index is 1.83. The van der Waals surface area contributed by atoms with Gasteiger partial charge in [0.25, 0.3) is 0 Å². The summed E-state index contributed by atoms with van der Waals surface area (Å²) in [6.07, 6.45) is 5.73. The topological polar surface area (TPSA) is 74.3 Å². The fourth-order valence-electron chi connectivity index (χ4n) is 2.88. The maximum absolute atomic E-state index is 12.3. The zero-order valence-electron chi connectivity index (χ0n) is 14.8. The Morgan fingerprint density at radius 1 is 1.42 bits per heavy atom. The average Bonchev–Trinajstić information content (AvgIpc) is 2.55. The van der Waals surface area contributed by atoms with Crippen molar-refractivity contribution in [1.29, 1.82) is 0 Å². The van der Waals surface area contributed by atoms with Crippen molar-refractivity contribution in [1.82, 2.24) is 15.2 Å². The monoisotopic (exact) mass is 332 g/mol. The van der Waals surface area contributed by atoms with Crippen molar-refractivity contribution in [2.45, 2.75) is 40.0 Å². The normalized spacial score (nSPS) is 17.7. The summed E-state index contributed by atoms with van der Waals surface area (Å²) >= 11 is 0. The summed E-state index contributed by atoms with van der Waals surface area (Å²) in [4.78, 5) is 30.3. The van der Waals surface area contributed by atoms with Gasteiger partial charge in [-0.05, 0) is 43.2 Å². The number of nitrogens with one attached hydrogen (secondary N) is 2. The fourth-order valence-corrected chi connectivity index (χ4v) is 2.88. The number of aromatic nitrogens is 1. The summed E-state index contributed by atoms with van der Waals surface area (Å²) in [7, 11) is 0. The molecule has 6 heteroatoms. The van der Waals surface area contributed by atoms with Gasteiger partial charge in [-0.3, -0.25) is 9.78 Å². The van der Waals surface area contributed by atoms with Crippen LogP contribution in [0, 0.1) is 18.8 Å². The van der Waals surface area contributed by atoms with Gasteiger partial charge in [0.15, 0.2) is 0 Å². The SMILES string of the molecule is Cc1ccncc1NC(=O)C[C@H]1CCCN(C(=O)NCC(C)C)C1. The van der Waals surface area contributed by atoms with Crippen molar-refractivity contribution < 1.29 is 9.59 Å². The first-order chi connectivity index (χ1) is 11.5. The highest BCUT2D eigenvalue weighted by Crippen LogP contribution is 2.21. The van der Waals surface area contributed by atoms with Crippen LogP contribution in [0.15, 0.2) is 18.5 Å². The first kappa shape index (κ1) is 18.2. The van der Waals surface area contributed by atoms with Crippen molar-refractivity contribution in [3.05, 3.63) is 24.0 Å². The zero-order valence-corrected chi connectivity index (χ0v) is 14.8. The molecule has 1 atom stereocenters. The van der Waals surface area contributed by atoms with E-state index in [0.717, 1.165) is 30.6 Å². The largest absolute Gasteiger partial charge is 0.338 e. The molecule has 2 N–H and O–H groups in total. The van der Waals surface area contributed by atoms with Crippen LogP contribution in [0.3, 0.4) is 0 Å². The lowest BCUT2D eigenvalue weighted by Gasteiger charge is -2.32. The number of carbonyl (C=O) groups excluding carboxylic acids is 2. The van der Waals surface area contributed by atoms with Crippen LogP contribution in [0.25, 0.3) is 0 Å². The molecule has 1 aromatic heterocycles. The van der Waals surface area contributed by atoms with Gasteiger partial charge in [-0.2, -0.15) is 0 Å². The molecule has 0 bridgehead atoms. The third-order valence-corrected chi connectivity index (χ3v) is 4.25. The Morgan fingerprint density at radius 3 is 2.92 bits per heavy atom. The standard InChI is InChI=1S/C18H28N4O2/c1-13(2)10-20-18(24)22-8-4-5-15(12-22)9-17(23)21-16-11-19-7-6-14(16)3/h6-7,11,13,15H,4-5,8-10,12H2,1-3H3,(H,20,24)(H,21,23)/t15-/m1/s1. The van der Waals surface area contributed by atoms with Gasteiger partial charge in [0, 0.05) is 32.3 Å². The molecule has 0 spiro atoms. The number of urea groups is 1. The third-order valence-electron chi connectivity index (χ3n) is 4.25. The number of nitrogens with zero attached hydrogens (tertiary/aromatic N) is 2. The Hall–Kier alpha value is -2.11. The molecule has 6 nitrogen and oxygen atoms in total. The summed E-state index contributed by atoms with van der Waals surface area (Å²) in [6, 6.07) is 1.86. The van der Waals surface area contributed by atoms with Gasteiger partial charge in [-0.15, -0.1) is 0 Å². The van der Waals surface area contributed by atoms with Gasteiger partial charge in [0.2, 0.25) is 5.91 Å². The number of rotatable bonds is 5. The highest BCUT2D eigenvalue weighted by Gasteiger charge is 2.25. The number of likely N-dealkylation sites (tertiary alicyclic amines) is 1. The number of aryl methyl sites for hydroxylation is 1. The van der Waals surface area contributed by atoms with Crippen molar-refractivity contribution in [3.8, 4) is 0 Å². The van der Waals surface area contributed by atoms with E-state index in [1.165, 1.54) is 0 Å². The number of hydrogen-bond donors (Lipinski definition) is 2. The number of anilines is 1. The predicted molar refractivity (Wildman–Crippen MR) is 94.8 cm³/mol. The molecule has 0 radical (unpaired) electrons. The average molecular weight is 332 g/mol. The minimum Gasteiger partial charge on any atom is -0.338 e. The maximum Gasteiger partial charge on any atom is 0.317 e. The van der Waals surface area contributed by atoms with E-state index in [1.54, 1.807) is 12.4 Å². The van der Waals surface area contributed by atoms with E-state index >= 15 is 0 Å². The van der Waals surface area contributed by atoms with Gasteiger partial charge in [-0.1, -0.05) is 13.8 Å². The van der Waals surface area contributed by atoms with Crippen LogP contribution in [0.5, 0.6) is 0 Å². The lowest BCUT2D eigenvalue weighted by atomic mass is 9.94. The number of pyridine rings is 1. The molecule has 1 aromatic rings. The summed E-state index contributed by atoms with van der Waals surface area (Å²) < 4.78 is 0. The van der Waals surface area contributed by atoms with E-state index in [4.69, 9.17) is 0 Å². The molecule has 1 saturated heterocycles. The van der Waals surface area contributed by atoms with Gasteiger partial charge in [0.1, 0.15) is 0 Å². The van der Waals surface area contributed by atoms with E-state index in [1.807, 2.05) is 17.9 Å². The highest BCUT2D eigenvalue weighted by molar-refractivity contribution is 5.91. The van der Waals surface area contributed by atoms with Gasteiger partial charge in [0.05, 0.1) is 11.9 Å². The third kappa shape index (κ3) is 5.51. The van der Waals surface area contributed by atoms with Crippen LogP contribution in [0.1, 0.15) is 38.7 Å². The van der Waals surface area contributed by atoms with E-state index in [9.17, 15) is 9.59 Å². The molecule has 2 heterocycles. The summed E-state index contributed by atoms with van der Waals surface area (Å²) in [6.45, 7) is 8.18. The zero-order chi connectivity index (χ0) is 17.5. The number of carbonyl (C=O) groups is 2. The van der Waals surface area contributed by atoms with Crippen LogP contribution in [-0.4, -0.2) is 41.5 Å². The molecule has 0 saturated carbocycles. The smallest absolute Gasteiger partial charge is 0.317 e. The van der Waals surface area contributed by atoms with Gasteiger partial charge in [-0.25, -0.2) is 4.79 Å². The first-order valence-electron chi connectivity index (χ1n) is 8.69. The second kappa shape index (κ2) is 8.66. The second-order valence-electron chi connectivity index (χ2n) is 6.98. The Kier molecular flexibility index (Phi) is 6.58. The summed E-state index contributed by atoms with van der Waals surface area (Å²) in [5, 5.41) is 5.87. The van der Waals surface area contributed by atoms with Crippen molar-refractivity contribution in [2.75, 3.05) is 25.0 Å². The molecule has 2 rings (SSSR count). The molecule has 1 aliphatic heterocycles. The fraction of sp³-hybridized carbons (Fsp3) is 0.611. The Bertz CT molecular complexity index is 574. The predicted octanol–water partition coefficient (Wildman–Crippen LogP) is 2.80. The first-order valence-corrected chi connectivity index (χ1v) is 8.69. The molecule has 0 aromatic carbocycles. The molecule has 132 valence electrons. The second-order valence-corrected chi connectivity index (χ2v) is 6.98. The van der Waals surface area contributed by atoms with E-state index in [-0.39, 0.29) is 17.9 Å². The lowest BCUT2D eigenvalue weighted by molar-refractivity contribution is -0.117. The number of amides is 3. The minimum atomic E-state index is -0.0167. The molecule has 0 unspecified atom stereocenters. The molecule has 3 amide bonds. The van der Waals surface area contributed by atoms with Crippen molar-refractivity contribution >= 4 is 17.6 Å². The van der Waals surface area contributed by atoms with Crippen LogP contribution in [0.2, 0.25) is 0 Å². The number of piperidine rings is 1. The van der Waals surface area contributed by atoms with Crippen LogP contribution >= 0.6 is 0 Å². The molecular formula is C18H28N4O2. The Labute approximate surface area is 144 Å². The van der Waals surface area contributed by atoms with Crippen molar-refractivity contribution in [2.24, 2.45) is 11.8 Å². The number of hydrogen-bond acceptors (Lipinski definition) is 3. The van der Waals surface area contributed by atoms with Crippen LogP contribution < -0.4 is 10.6 Å². The van der Waals surface area contributed by atoms with Crippen molar-refractivity contribution in [3.63, 3.8) is 0 Å².